The van der Waals surface area contributed by atoms with Crippen molar-refractivity contribution in [2.45, 2.75) is 26.7 Å². The quantitative estimate of drug-likeness (QED) is 0.622. The Balaban J connectivity index is 0.00000161. The number of hydrogen-bond donors (Lipinski definition) is 0. The first kappa shape index (κ1) is 16.5. The van der Waals surface area contributed by atoms with E-state index in [1.165, 1.54) is 12.8 Å². The van der Waals surface area contributed by atoms with Crippen LogP contribution in [0.25, 0.3) is 10.9 Å². The second-order valence-electron chi connectivity index (χ2n) is 6.21. The molecular formula is C16H21Cl2N3. The third-order valence-corrected chi connectivity index (χ3v) is 4.31. The molecule has 3 nitrogen and oxygen atoms in total. The molecule has 0 spiro atoms. The fraction of sp³-hybridized carbons (Fsp3) is 0.500. The van der Waals surface area contributed by atoms with E-state index in [2.05, 4.69) is 35.9 Å². The van der Waals surface area contributed by atoms with Gasteiger partial charge in [-0.1, -0.05) is 26.0 Å². The molecule has 0 unspecified atom stereocenters. The minimum Gasteiger partial charge on any atom is -1.00 e. The number of benzene rings is 1. The maximum absolute atomic E-state index is 6.17. The van der Waals surface area contributed by atoms with Crippen LogP contribution in [0.4, 0.5) is 5.82 Å². The van der Waals surface area contributed by atoms with Crippen molar-refractivity contribution in [2.24, 2.45) is 5.92 Å². The van der Waals surface area contributed by atoms with Crippen molar-refractivity contribution < 1.29 is 12.4 Å². The van der Waals surface area contributed by atoms with E-state index in [-0.39, 0.29) is 12.4 Å². The average Bonchev–Trinajstić information content (AvgIpc) is 2.86. The number of halogens is 2. The highest BCUT2D eigenvalue weighted by atomic mass is 35.5. The van der Waals surface area contributed by atoms with Crippen molar-refractivity contribution in [1.29, 1.82) is 0 Å². The van der Waals surface area contributed by atoms with E-state index >= 15 is 0 Å². The van der Waals surface area contributed by atoms with Gasteiger partial charge in [0.05, 0.1) is 30.5 Å². The lowest BCUT2D eigenvalue weighted by molar-refractivity contribution is -0.00000439. The summed E-state index contributed by atoms with van der Waals surface area (Å²) in [6.45, 7) is 8.01. The second-order valence-corrected chi connectivity index (χ2v) is 6.55. The van der Waals surface area contributed by atoms with Gasteiger partial charge in [0, 0.05) is 18.8 Å². The predicted molar refractivity (Wildman–Crippen MR) is 85.0 cm³/mol. The number of nitrogens with zero attached hydrogens (tertiary/aromatic N) is 3. The molecule has 0 atom stereocenters. The second kappa shape index (κ2) is 6.47. The molecule has 0 radical (unpaired) electrons. The van der Waals surface area contributed by atoms with Crippen molar-refractivity contribution in [2.75, 3.05) is 19.6 Å². The van der Waals surface area contributed by atoms with Gasteiger partial charge in [-0.25, -0.2) is 4.98 Å². The van der Waals surface area contributed by atoms with Gasteiger partial charge in [-0.15, -0.1) is 0 Å². The molecular weight excluding hydrogens is 305 g/mol. The lowest BCUT2D eigenvalue weighted by Crippen LogP contribution is -3.00. The van der Waals surface area contributed by atoms with Gasteiger partial charge in [0.15, 0.2) is 0 Å². The van der Waals surface area contributed by atoms with Crippen LogP contribution in [0.2, 0.25) is 5.28 Å². The summed E-state index contributed by atoms with van der Waals surface area (Å²) in [5, 5.41) is 1.52. The topological polar surface area (TPSA) is 25.8 Å². The molecule has 21 heavy (non-hydrogen) atoms. The molecule has 0 N–H and O–H groups in total. The molecule has 1 aliphatic heterocycles. The molecule has 0 aliphatic carbocycles. The molecule has 1 saturated heterocycles. The SMILES string of the molecule is CC(C)C[N+]1(c2nc(Cl)nc3ccccc23)CCCC1.[Cl-]. The molecule has 1 aromatic heterocycles. The molecule has 1 aliphatic rings. The molecule has 2 heterocycles. The van der Waals surface area contributed by atoms with Gasteiger partial charge in [0.25, 0.3) is 0 Å². The zero-order valence-electron chi connectivity index (χ0n) is 12.5. The van der Waals surface area contributed by atoms with E-state index in [1.54, 1.807) is 0 Å². The number of hydrogen-bond acceptors (Lipinski definition) is 2. The number of fused-ring (bicyclic) bond motifs is 1. The van der Waals surface area contributed by atoms with Crippen molar-refractivity contribution >= 4 is 28.3 Å². The van der Waals surface area contributed by atoms with E-state index in [4.69, 9.17) is 11.6 Å². The van der Waals surface area contributed by atoms with Crippen LogP contribution < -0.4 is 16.9 Å². The van der Waals surface area contributed by atoms with Crippen molar-refractivity contribution in [3.8, 4) is 0 Å². The Bertz CT molecular complexity index is 622. The number of rotatable bonds is 3. The van der Waals surface area contributed by atoms with E-state index in [0.29, 0.717) is 11.2 Å². The maximum atomic E-state index is 6.17. The van der Waals surface area contributed by atoms with Crippen LogP contribution in [-0.4, -0.2) is 29.6 Å². The third-order valence-electron chi connectivity index (χ3n) is 4.14. The van der Waals surface area contributed by atoms with Crippen LogP contribution in [-0.2, 0) is 0 Å². The summed E-state index contributed by atoms with van der Waals surface area (Å²) < 4.78 is 0.959. The largest absolute Gasteiger partial charge is 1.00 e. The molecule has 2 aromatic rings. The highest BCUT2D eigenvalue weighted by Gasteiger charge is 2.38. The number of quaternary nitrogens is 1. The Kier molecular flexibility index (Phi) is 5.07. The van der Waals surface area contributed by atoms with Gasteiger partial charge in [0.1, 0.15) is 0 Å². The van der Waals surface area contributed by atoms with Gasteiger partial charge in [-0.3, -0.25) is 4.48 Å². The van der Waals surface area contributed by atoms with Crippen LogP contribution in [0.1, 0.15) is 26.7 Å². The highest BCUT2D eigenvalue weighted by Crippen LogP contribution is 2.35. The summed E-state index contributed by atoms with van der Waals surface area (Å²) in [5.41, 5.74) is 0.954. The zero-order chi connectivity index (χ0) is 14.2. The molecule has 0 saturated carbocycles. The van der Waals surface area contributed by atoms with Crippen LogP contribution in [0, 0.1) is 5.92 Å². The molecule has 1 fully saturated rings. The highest BCUT2D eigenvalue weighted by molar-refractivity contribution is 6.28. The molecule has 5 heteroatoms. The van der Waals surface area contributed by atoms with Gasteiger partial charge in [-0.2, -0.15) is 4.98 Å². The molecule has 114 valence electrons. The lowest BCUT2D eigenvalue weighted by Gasteiger charge is -2.34. The van der Waals surface area contributed by atoms with E-state index in [9.17, 15) is 0 Å². The van der Waals surface area contributed by atoms with Crippen LogP contribution in [0.3, 0.4) is 0 Å². The van der Waals surface area contributed by atoms with Gasteiger partial charge in [-0.05, 0) is 23.7 Å². The number of para-hydroxylation sites is 1. The van der Waals surface area contributed by atoms with E-state index < -0.39 is 0 Å². The molecule has 0 bridgehead atoms. The maximum Gasteiger partial charge on any atom is 0.239 e. The first-order valence-corrected chi connectivity index (χ1v) is 7.77. The fourth-order valence-corrected chi connectivity index (χ4v) is 3.69. The minimum absolute atomic E-state index is 0. The Hall–Kier alpha value is -0.900. The molecule has 3 rings (SSSR count). The van der Waals surface area contributed by atoms with Crippen molar-refractivity contribution in [1.82, 2.24) is 14.5 Å². The van der Waals surface area contributed by atoms with Gasteiger partial charge in [0.2, 0.25) is 11.1 Å². The molecule has 0 amide bonds. The first-order chi connectivity index (χ1) is 9.61. The summed E-state index contributed by atoms with van der Waals surface area (Å²) in [7, 11) is 0. The fourth-order valence-electron chi connectivity index (χ4n) is 3.51. The Morgan fingerprint density at radius 1 is 1.14 bits per heavy atom. The summed E-state index contributed by atoms with van der Waals surface area (Å²) in [6.07, 6.45) is 2.53. The summed E-state index contributed by atoms with van der Waals surface area (Å²) in [5.74, 6) is 1.76. The molecule has 1 aromatic carbocycles. The monoisotopic (exact) mass is 325 g/mol. The van der Waals surface area contributed by atoms with Crippen LogP contribution in [0.5, 0.6) is 0 Å². The number of aromatic nitrogens is 2. The van der Waals surface area contributed by atoms with Crippen LogP contribution >= 0.6 is 11.6 Å². The van der Waals surface area contributed by atoms with E-state index in [1.807, 2.05) is 12.1 Å². The smallest absolute Gasteiger partial charge is 0.239 e. The normalized spacial score (nSPS) is 17.1. The third kappa shape index (κ3) is 3.15. The Morgan fingerprint density at radius 2 is 1.81 bits per heavy atom. The van der Waals surface area contributed by atoms with Crippen molar-refractivity contribution in [3.63, 3.8) is 0 Å². The summed E-state index contributed by atoms with van der Waals surface area (Å²) in [6, 6.07) is 8.21. The first-order valence-electron chi connectivity index (χ1n) is 7.40. The standard InChI is InChI=1S/C16H21ClN3.ClH/c1-12(2)11-20(9-5-6-10-20)15-13-7-3-4-8-14(13)18-16(17)19-15;/h3-4,7-8,12H,5-6,9-11H2,1-2H3;1H/q+1;/p-1. The number of likely N-dealkylation sites (tertiary alicyclic amines) is 1. The van der Waals surface area contributed by atoms with Crippen LogP contribution in [0.15, 0.2) is 24.3 Å². The summed E-state index contributed by atoms with van der Waals surface area (Å²) in [4.78, 5) is 9.00. The zero-order valence-corrected chi connectivity index (χ0v) is 14.0. The predicted octanol–water partition coefficient (Wildman–Crippen LogP) is 1.04. The van der Waals surface area contributed by atoms with E-state index in [0.717, 1.165) is 40.8 Å². The summed E-state index contributed by atoms with van der Waals surface area (Å²) >= 11 is 6.17. The Labute approximate surface area is 137 Å². The van der Waals surface area contributed by atoms with Crippen molar-refractivity contribution in [3.05, 3.63) is 29.5 Å². The lowest BCUT2D eigenvalue weighted by atomic mass is 10.1. The van der Waals surface area contributed by atoms with Gasteiger partial charge < -0.3 is 12.4 Å². The Morgan fingerprint density at radius 3 is 2.48 bits per heavy atom. The average molecular weight is 326 g/mol. The minimum atomic E-state index is 0. The van der Waals surface area contributed by atoms with Gasteiger partial charge >= 0.3 is 0 Å².